The van der Waals surface area contributed by atoms with E-state index >= 15 is 0 Å². The van der Waals surface area contributed by atoms with Crippen LogP contribution in [0.3, 0.4) is 0 Å². The number of benzene rings is 3. The van der Waals surface area contributed by atoms with Crippen LogP contribution in [0.15, 0.2) is 83.8 Å². The summed E-state index contributed by atoms with van der Waals surface area (Å²) in [5, 5.41) is 0. The van der Waals surface area contributed by atoms with E-state index in [-0.39, 0.29) is 22.8 Å². The molecule has 2 heterocycles. The first-order chi connectivity index (χ1) is 20.1. The molecule has 0 saturated carbocycles. The first-order valence-electron chi connectivity index (χ1n) is 13.9. The van der Waals surface area contributed by atoms with Crippen LogP contribution in [0.1, 0.15) is 36.5 Å². The van der Waals surface area contributed by atoms with Crippen molar-refractivity contribution in [2.45, 2.75) is 49.2 Å². The minimum Gasteiger partial charge on any atom is -0.604 e. The van der Waals surface area contributed by atoms with Crippen LogP contribution in [0.4, 0.5) is 24.5 Å². The van der Waals surface area contributed by atoms with Crippen molar-refractivity contribution in [1.82, 2.24) is 4.90 Å². The molecule has 0 spiro atoms. The maximum atomic E-state index is 13.8. The minimum absolute atomic E-state index is 0.0611. The first kappa shape index (κ1) is 29.9. The Balaban J connectivity index is 1.39. The number of piperidine rings is 1. The molecule has 42 heavy (non-hydrogen) atoms. The molecule has 0 N–H and O–H groups in total. The van der Waals surface area contributed by atoms with Crippen LogP contribution in [0.2, 0.25) is 0 Å². The molecule has 0 aliphatic carbocycles. The van der Waals surface area contributed by atoms with Gasteiger partial charge in [-0.15, -0.1) is 13.2 Å². The Bertz CT molecular complexity index is 1460. The van der Waals surface area contributed by atoms with E-state index in [2.05, 4.69) is 17.0 Å². The van der Waals surface area contributed by atoms with Crippen molar-refractivity contribution in [3.05, 3.63) is 95.6 Å². The van der Waals surface area contributed by atoms with Gasteiger partial charge in [-0.25, -0.2) is 0 Å². The zero-order chi connectivity index (χ0) is 29.9. The highest BCUT2D eigenvalue weighted by Crippen LogP contribution is 2.35. The van der Waals surface area contributed by atoms with Crippen LogP contribution in [-0.4, -0.2) is 52.5 Å². The zero-order valence-electron chi connectivity index (χ0n) is 23.2. The van der Waals surface area contributed by atoms with Gasteiger partial charge < -0.3 is 14.4 Å². The van der Waals surface area contributed by atoms with Crippen molar-refractivity contribution in [2.24, 2.45) is 0 Å². The largest absolute Gasteiger partial charge is 0.604 e. The summed E-state index contributed by atoms with van der Waals surface area (Å²) in [6.45, 7) is 4.53. The van der Waals surface area contributed by atoms with Crippen molar-refractivity contribution < 1.29 is 27.3 Å². The highest BCUT2D eigenvalue weighted by Gasteiger charge is 2.46. The Morgan fingerprint density at radius 3 is 2.43 bits per heavy atom. The Labute approximate surface area is 246 Å². The second-order valence-corrected chi connectivity index (χ2v) is 12.0. The van der Waals surface area contributed by atoms with Crippen molar-refractivity contribution in [3.63, 3.8) is 0 Å². The lowest BCUT2D eigenvalue weighted by Crippen LogP contribution is -2.47. The van der Waals surface area contributed by atoms with Gasteiger partial charge in [0.15, 0.2) is 4.90 Å². The number of nitrogens with zero attached hydrogens (tertiary/aromatic N) is 3. The fourth-order valence-electron chi connectivity index (χ4n) is 5.65. The van der Waals surface area contributed by atoms with Gasteiger partial charge in [-0.2, -0.15) is 0 Å². The van der Waals surface area contributed by atoms with Crippen LogP contribution in [0, 0.1) is 0 Å². The molecule has 10 heteroatoms. The van der Waals surface area contributed by atoms with Crippen molar-refractivity contribution >= 4 is 40.4 Å². The lowest BCUT2D eigenvalue weighted by atomic mass is 10.0. The number of hydrogen-bond donors (Lipinski definition) is 0. The fraction of sp³-hybridized carbons (Fsp3) is 0.312. The van der Waals surface area contributed by atoms with E-state index in [4.69, 9.17) is 0 Å². The second kappa shape index (κ2) is 12.7. The molecule has 3 aromatic carbocycles. The molecule has 2 aliphatic heterocycles. The maximum absolute atomic E-state index is 13.8. The van der Waals surface area contributed by atoms with E-state index in [0.717, 1.165) is 56.2 Å². The van der Waals surface area contributed by atoms with Crippen molar-refractivity contribution in [1.29, 1.82) is 0 Å². The summed E-state index contributed by atoms with van der Waals surface area (Å²) >= 11 is -3.16. The van der Waals surface area contributed by atoms with E-state index in [1.165, 1.54) is 36.8 Å². The van der Waals surface area contributed by atoms with Gasteiger partial charge in [0.25, 0.3) is 5.91 Å². The molecule has 6 nitrogen and oxygen atoms in total. The molecule has 220 valence electrons. The van der Waals surface area contributed by atoms with Crippen LogP contribution in [0.5, 0.6) is 0 Å². The zero-order valence-corrected chi connectivity index (χ0v) is 24.0. The third-order valence-electron chi connectivity index (χ3n) is 7.73. The molecule has 0 bridgehead atoms. The smallest absolute Gasteiger partial charge is 0.578 e. The van der Waals surface area contributed by atoms with Gasteiger partial charge in [0.2, 0.25) is 5.91 Å². The lowest BCUT2D eigenvalue weighted by molar-refractivity contribution is -0.116. The normalized spacial score (nSPS) is 16.9. The SMILES string of the molecule is CC(=O)N1CCc2ccc(N(C(=O)/C=C/c3cccc([S+]([O-])C(F)(F)F)c3)C3CCN(Cc4ccccc4)CC3)cc21. The average Bonchev–Trinajstić information content (AvgIpc) is 3.41. The lowest BCUT2D eigenvalue weighted by Gasteiger charge is -2.38. The fourth-order valence-corrected chi connectivity index (χ4v) is 6.37. The van der Waals surface area contributed by atoms with Gasteiger partial charge >= 0.3 is 5.51 Å². The second-order valence-electron chi connectivity index (χ2n) is 10.6. The summed E-state index contributed by atoms with van der Waals surface area (Å²) in [4.78, 5) is 31.5. The molecule has 0 aromatic heterocycles. The summed E-state index contributed by atoms with van der Waals surface area (Å²) in [6.07, 6.45) is 5.02. The monoisotopic (exact) mass is 595 g/mol. The van der Waals surface area contributed by atoms with Crippen LogP contribution in [0.25, 0.3) is 6.08 Å². The predicted octanol–water partition coefficient (Wildman–Crippen LogP) is 5.93. The van der Waals surface area contributed by atoms with E-state index in [1.54, 1.807) is 15.9 Å². The number of rotatable bonds is 7. The first-order valence-corrected chi connectivity index (χ1v) is 15.0. The molecule has 5 rings (SSSR count). The number of carbonyl (C=O) groups excluding carboxylic acids is 2. The van der Waals surface area contributed by atoms with Gasteiger partial charge in [0.05, 0.1) is 11.2 Å². The number of amides is 2. The van der Waals surface area contributed by atoms with Crippen molar-refractivity contribution in [2.75, 3.05) is 29.4 Å². The van der Waals surface area contributed by atoms with Gasteiger partial charge in [0, 0.05) is 62.7 Å². The molecule has 1 saturated heterocycles. The molecule has 0 radical (unpaired) electrons. The maximum Gasteiger partial charge on any atom is 0.578 e. The Hall–Kier alpha value is -3.60. The van der Waals surface area contributed by atoms with E-state index in [0.29, 0.717) is 17.8 Å². The summed E-state index contributed by atoms with van der Waals surface area (Å²) in [5.74, 6) is -0.375. The molecule has 2 amide bonds. The Kier molecular flexibility index (Phi) is 9.05. The topological polar surface area (TPSA) is 66.9 Å². The van der Waals surface area contributed by atoms with E-state index in [1.807, 2.05) is 36.4 Å². The summed E-state index contributed by atoms with van der Waals surface area (Å²) in [7, 11) is 0. The average molecular weight is 596 g/mol. The molecule has 2 aliphatic rings. The van der Waals surface area contributed by atoms with Crippen LogP contribution >= 0.6 is 0 Å². The van der Waals surface area contributed by atoms with E-state index < -0.39 is 16.7 Å². The van der Waals surface area contributed by atoms with Crippen LogP contribution < -0.4 is 9.80 Å². The molecule has 1 atom stereocenters. The highest BCUT2D eigenvalue weighted by atomic mass is 32.2. The van der Waals surface area contributed by atoms with Gasteiger partial charge in [-0.05, 0) is 60.2 Å². The number of likely N-dealkylation sites (tertiary alicyclic amines) is 1. The standard InChI is InChI=1S/C32H32F3N3O3S/c1-23(39)37-19-14-26-11-12-28(21-30(26)37)38(27-15-17-36(18-16-27)22-25-6-3-2-4-7-25)31(40)13-10-24-8-5-9-29(20-24)42(41)32(33,34)35/h2-13,20-21,27H,14-19,22H2,1H3/b13-10+. The molecule has 3 aromatic rings. The summed E-state index contributed by atoms with van der Waals surface area (Å²) in [5.41, 5.74) is -0.790. The number of halogens is 3. The van der Waals surface area contributed by atoms with Gasteiger partial charge in [-0.3, -0.25) is 14.5 Å². The Morgan fingerprint density at radius 1 is 1.00 bits per heavy atom. The number of fused-ring (bicyclic) bond motifs is 1. The number of hydrogen-bond acceptors (Lipinski definition) is 4. The Morgan fingerprint density at radius 2 is 1.74 bits per heavy atom. The predicted molar refractivity (Wildman–Crippen MR) is 158 cm³/mol. The summed E-state index contributed by atoms with van der Waals surface area (Å²) < 4.78 is 50.8. The van der Waals surface area contributed by atoms with E-state index in [9.17, 15) is 27.3 Å². The molecule has 1 unspecified atom stereocenters. The molecular formula is C32H32F3N3O3S. The third-order valence-corrected chi connectivity index (χ3v) is 8.83. The third kappa shape index (κ3) is 6.88. The minimum atomic E-state index is -4.87. The number of alkyl halides is 3. The number of carbonyl (C=O) groups is 2. The van der Waals surface area contributed by atoms with Gasteiger partial charge in [-0.1, -0.05) is 48.5 Å². The van der Waals surface area contributed by atoms with Crippen LogP contribution in [-0.2, 0) is 33.7 Å². The van der Waals surface area contributed by atoms with Crippen molar-refractivity contribution in [3.8, 4) is 0 Å². The number of anilines is 2. The summed E-state index contributed by atoms with van der Waals surface area (Å²) in [6, 6.07) is 21.1. The molecular weight excluding hydrogens is 563 g/mol. The quantitative estimate of drug-likeness (QED) is 0.251. The van der Waals surface area contributed by atoms with Gasteiger partial charge in [0.1, 0.15) is 0 Å². The molecule has 1 fully saturated rings. The highest BCUT2D eigenvalue weighted by molar-refractivity contribution is 7.92.